The van der Waals surface area contributed by atoms with E-state index in [4.69, 9.17) is 5.11 Å². The van der Waals surface area contributed by atoms with Gasteiger partial charge in [-0.3, -0.25) is 4.79 Å². The van der Waals surface area contributed by atoms with E-state index in [9.17, 15) is 4.79 Å². The molecule has 0 fully saturated rings. The summed E-state index contributed by atoms with van der Waals surface area (Å²) in [5.41, 5.74) is 0. The van der Waals surface area contributed by atoms with Crippen LogP contribution in [0.1, 0.15) is 35.1 Å². The third kappa shape index (κ3) is 7.63. The average molecular weight is 134 g/mol. The van der Waals surface area contributed by atoms with Crippen LogP contribution < -0.4 is 0 Å². The van der Waals surface area contributed by atoms with Gasteiger partial charge in [-0.15, -0.1) is 0 Å². The lowest BCUT2D eigenvalue weighted by Crippen LogP contribution is -2.13. The van der Waals surface area contributed by atoms with Gasteiger partial charge in [0, 0.05) is 6.42 Å². The normalized spacial score (nSPS) is 10.6. The van der Waals surface area contributed by atoms with E-state index in [2.05, 4.69) is 0 Å². The van der Waals surface area contributed by atoms with Crippen molar-refractivity contribution in [2.75, 3.05) is 0 Å². The number of carbonyl (C=O) groups is 1. The molecule has 0 saturated heterocycles. The maximum absolute atomic E-state index is 10.3. The lowest BCUT2D eigenvalue weighted by molar-refractivity contribution is -0.125. The first-order chi connectivity index (χ1) is 3.18. The molecule has 58 valence electrons. The molecule has 1 N–H and O–H groups in total. The first-order valence-electron chi connectivity index (χ1n) is 2.39. The minimum Gasteiger partial charge on any atom is -0.386 e. The van der Waals surface area contributed by atoms with Gasteiger partial charge in [0.15, 0.2) is 5.78 Å². The molecule has 0 heterocycles. The third-order valence-corrected chi connectivity index (χ3v) is 0.814. The van der Waals surface area contributed by atoms with E-state index in [-0.39, 0.29) is 20.6 Å². The zero-order chi connectivity index (χ0) is 5.86. The van der Waals surface area contributed by atoms with Crippen molar-refractivity contribution in [1.29, 1.82) is 0 Å². The summed E-state index contributed by atoms with van der Waals surface area (Å²) >= 11 is 0. The van der Waals surface area contributed by atoms with E-state index in [0.717, 1.165) is 0 Å². The molecule has 0 aliphatic carbocycles. The molecule has 1 unspecified atom stereocenters. The number of aliphatic hydroxyl groups is 1. The van der Waals surface area contributed by atoms with E-state index in [0.29, 0.717) is 6.42 Å². The summed E-state index contributed by atoms with van der Waals surface area (Å²) < 4.78 is 0. The monoisotopic (exact) mass is 134 g/mol. The smallest absolute Gasteiger partial charge is 0.160 e. The van der Waals surface area contributed by atoms with Crippen LogP contribution in [0, 0.1) is 0 Å². The quantitative estimate of drug-likeness (QED) is 0.623. The van der Waals surface area contributed by atoms with Crippen molar-refractivity contribution in [3.8, 4) is 0 Å². The first kappa shape index (κ1) is 15.9. The Bertz CT molecular complexity index is 67.3. The Morgan fingerprint density at radius 1 is 1.56 bits per heavy atom. The summed E-state index contributed by atoms with van der Waals surface area (Å²) in [5, 5.41) is 8.47. The molecule has 0 aromatic carbocycles. The standard InChI is InChI=1S/C5H10O2.2CH4/c1-3-5(7)4(2)6;;/h4,6H,3H2,1-2H3;2*1H4. The Kier molecular flexibility index (Phi) is 13.4. The average Bonchev–Trinajstić information content (AvgIpc) is 1.65. The van der Waals surface area contributed by atoms with Gasteiger partial charge in [-0.1, -0.05) is 21.8 Å². The molecule has 0 aromatic heterocycles. The zero-order valence-electron chi connectivity index (χ0n) is 4.64. The number of ketones is 1. The molecule has 0 aliphatic heterocycles. The van der Waals surface area contributed by atoms with E-state index >= 15 is 0 Å². The van der Waals surface area contributed by atoms with Crippen LogP contribution in [-0.4, -0.2) is 17.0 Å². The molecule has 0 bridgehead atoms. The van der Waals surface area contributed by atoms with Crippen molar-refractivity contribution in [2.45, 2.75) is 41.2 Å². The summed E-state index contributed by atoms with van der Waals surface area (Å²) in [6.45, 7) is 3.21. The number of hydrogen-bond acceptors (Lipinski definition) is 2. The highest BCUT2D eigenvalue weighted by atomic mass is 16.3. The Hall–Kier alpha value is -0.370. The minimum absolute atomic E-state index is 0. The fourth-order valence-corrected chi connectivity index (χ4v) is 0.295. The molecular formula is C7H18O2. The Morgan fingerprint density at radius 3 is 1.89 bits per heavy atom. The van der Waals surface area contributed by atoms with Crippen molar-refractivity contribution in [1.82, 2.24) is 0 Å². The van der Waals surface area contributed by atoms with Gasteiger partial charge < -0.3 is 5.11 Å². The Labute approximate surface area is 57.9 Å². The van der Waals surface area contributed by atoms with Gasteiger partial charge in [-0.25, -0.2) is 0 Å². The molecule has 0 amide bonds. The Morgan fingerprint density at radius 2 is 1.89 bits per heavy atom. The topological polar surface area (TPSA) is 37.3 Å². The van der Waals surface area contributed by atoms with Crippen molar-refractivity contribution in [3.63, 3.8) is 0 Å². The van der Waals surface area contributed by atoms with E-state index in [1.807, 2.05) is 0 Å². The molecule has 0 spiro atoms. The van der Waals surface area contributed by atoms with Crippen LogP contribution in [0.15, 0.2) is 0 Å². The molecular weight excluding hydrogens is 116 g/mol. The summed E-state index contributed by atoms with van der Waals surface area (Å²) in [5.74, 6) is -0.0972. The predicted octanol–water partition coefficient (Wildman–Crippen LogP) is 1.62. The first-order valence-corrected chi connectivity index (χ1v) is 2.39. The summed E-state index contributed by atoms with van der Waals surface area (Å²) in [7, 11) is 0. The second-order valence-electron chi connectivity index (χ2n) is 1.50. The van der Waals surface area contributed by atoms with Crippen LogP contribution in [-0.2, 0) is 4.79 Å². The van der Waals surface area contributed by atoms with Gasteiger partial charge in [0.05, 0.1) is 0 Å². The van der Waals surface area contributed by atoms with Crippen LogP contribution in [0.25, 0.3) is 0 Å². The predicted molar refractivity (Wildman–Crippen MR) is 40.4 cm³/mol. The fourth-order valence-electron chi connectivity index (χ4n) is 0.295. The second-order valence-corrected chi connectivity index (χ2v) is 1.50. The fraction of sp³-hybridized carbons (Fsp3) is 0.857. The largest absolute Gasteiger partial charge is 0.386 e. The zero-order valence-corrected chi connectivity index (χ0v) is 4.64. The lowest BCUT2D eigenvalue weighted by Gasteiger charge is -1.95. The maximum Gasteiger partial charge on any atom is 0.160 e. The third-order valence-electron chi connectivity index (χ3n) is 0.814. The Balaban J connectivity index is -0.000000180. The van der Waals surface area contributed by atoms with Crippen molar-refractivity contribution in [3.05, 3.63) is 0 Å². The van der Waals surface area contributed by atoms with E-state index in [1.54, 1.807) is 6.92 Å². The van der Waals surface area contributed by atoms with Crippen LogP contribution >= 0.6 is 0 Å². The van der Waals surface area contributed by atoms with Crippen LogP contribution in [0.2, 0.25) is 0 Å². The van der Waals surface area contributed by atoms with Gasteiger partial charge in [0.25, 0.3) is 0 Å². The van der Waals surface area contributed by atoms with E-state index in [1.165, 1.54) is 6.92 Å². The molecule has 0 aliphatic rings. The maximum atomic E-state index is 10.3. The molecule has 2 heteroatoms. The number of rotatable bonds is 2. The van der Waals surface area contributed by atoms with Crippen LogP contribution in [0.3, 0.4) is 0 Å². The number of aliphatic hydroxyl groups excluding tert-OH is 1. The van der Waals surface area contributed by atoms with Crippen molar-refractivity contribution >= 4 is 5.78 Å². The van der Waals surface area contributed by atoms with Crippen LogP contribution in [0.4, 0.5) is 0 Å². The molecule has 0 radical (unpaired) electrons. The van der Waals surface area contributed by atoms with Gasteiger partial charge in [0.2, 0.25) is 0 Å². The second kappa shape index (κ2) is 7.63. The molecule has 1 atom stereocenters. The number of Topliss-reactive ketones (excluding diaryl/α,β-unsaturated/α-hetero) is 1. The summed E-state index contributed by atoms with van der Waals surface area (Å²) in [4.78, 5) is 10.3. The highest BCUT2D eigenvalue weighted by Gasteiger charge is 2.02. The van der Waals surface area contributed by atoms with Crippen molar-refractivity contribution < 1.29 is 9.90 Å². The van der Waals surface area contributed by atoms with Crippen molar-refractivity contribution in [2.24, 2.45) is 0 Å². The highest BCUT2D eigenvalue weighted by molar-refractivity contribution is 5.81. The molecule has 0 saturated carbocycles. The molecule has 0 aromatic rings. The van der Waals surface area contributed by atoms with E-state index < -0.39 is 6.10 Å². The van der Waals surface area contributed by atoms with Crippen LogP contribution in [0.5, 0.6) is 0 Å². The highest BCUT2D eigenvalue weighted by Crippen LogP contribution is 1.86. The summed E-state index contributed by atoms with van der Waals surface area (Å²) in [6, 6.07) is 0. The minimum atomic E-state index is -0.773. The lowest BCUT2D eigenvalue weighted by atomic mass is 10.2. The SMILES string of the molecule is C.C.CCC(=O)C(C)O. The molecule has 0 rings (SSSR count). The van der Waals surface area contributed by atoms with Gasteiger partial charge >= 0.3 is 0 Å². The number of hydrogen-bond donors (Lipinski definition) is 1. The number of carbonyl (C=O) groups excluding carboxylic acids is 1. The summed E-state index contributed by atoms with van der Waals surface area (Å²) in [6.07, 6.45) is -0.345. The van der Waals surface area contributed by atoms with Gasteiger partial charge in [-0.2, -0.15) is 0 Å². The molecule has 2 nitrogen and oxygen atoms in total. The van der Waals surface area contributed by atoms with Gasteiger partial charge in [-0.05, 0) is 6.92 Å². The van der Waals surface area contributed by atoms with Gasteiger partial charge in [0.1, 0.15) is 6.10 Å². The molecule has 9 heavy (non-hydrogen) atoms.